The molecular formula is C8H16O. The van der Waals surface area contributed by atoms with Crippen molar-refractivity contribution in [2.24, 2.45) is 0 Å². The summed E-state index contributed by atoms with van der Waals surface area (Å²) in [5.74, 6) is 0. The van der Waals surface area contributed by atoms with Gasteiger partial charge in [-0.3, -0.25) is 0 Å². The quantitative estimate of drug-likeness (QED) is 0.444. The van der Waals surface area contributed by atoms with Gasteiger partial charge in [0.2, 0.25) is 0 Å². The van der Waals surface area contributed by atoms with Crippen LogP contribution in [0.1, 0.15) is 32.6 Å². The van der Waals surface area contributed by atoms with Gasteiger partial charge in [0.25, 0.3) is 0 Å². The molecule has 0 aromatic rings. The van der Waals surface area contributed by atoms with Crippen LogP contribution in [0.25, 0.3) is 0 Å². The van der Waals surface area contributed by atoms with Gasteiger partial charge >= 0.3 is 0 Å². The van der Waals surface area contributed by atoms with Gasteiger partial charge in [-0.1, -0.05) is 25.5 Å². The fourth-order valence-corrected chi connectivity index (χ4v) is 0.612. The molecule has 0 unspecified atom stereocenters. The average molecular weight is 128 g/mol. The van der Waals surface area contributed by atoms with Gasteiger partial charge in [0.05, 0.1) is 0 Å². The Morgan fingerprint density at radius 3 is 2.44 bits per heavy atom. The second-order valence-electron chi connectivity index (χ2n) is 2.13. The van der Waals surface area contributed by atoms with Crippen molar-refractivity contribution >= 4 is 0 Å². The molecule has 0 aromatic heterocycles. The van der Waals surface area contributed by atoms with E-state index in [1.165, 1.54) is 12.8 Å². The summed E-state index contributed by atoms with van der Waals surface area (Å²) in [6, 6.07) is 0. The van der Waals surface area contributed by atoms with Crippen LogP contribution in [0.5, 0.6) is 0 Å². The smallest absolute Gasteiger partial charge is 0.0433 e. The molecule has 0 rings (SSSR count). The highest BCUT2D eigenvalue weighted by Crippen LogP contribution is 1.93. The number of hydrogen-bond acceptors (Lipinski definition) is 1. The predicted molar refractivity (Wildman–Crippen MR) is 40.4 cm³/mol. The second-order valence-corrected chi connectivity index (χ2v) is 2.13. The van der Waals surface area contributed by atoms with Crippen molar-refractivity contribution in [2.75, 3.05) is 6.61 Å². The minimum atomic E-state index is 0.316. The molecular weight excluding hydrogens is 112 g/mol. The highest BCUT2D eigenvalue weighted by atomic mass is 16.2. The van der Waals surface area contributed by atoms with E-state index in [9.17, 15) is 0 Å². The van der Waals surface area contributed by atoms with Gasteiger partial charge in [-0.2, -0.15) is 0 Å². The van der Waals surface area contributed by atoms with E-state index in [0.717, 1.165) is 12.8 Å². The third-order valence-corrected chi connectivity index (χ3v) is 1.15. The Labute approximate surface area is 57.4 Å². The van der Waals surface area contributed by atoms with Crippen LogP contribution < -0.4 is 0 Å². The number of rotatable bonds is 5. The summed E-state index contributed by atoms with van der Waals surface area (Å²) in [6.45, 7) is 2.48. The third kappa shape index (κ3) is 7.70. The Morgan fingerprint density at radius 2 is 1.89 bits per heavy atom. The molecule has 1 N–H and O–H groups in total. The predicted octanol–water partition coefficient (Wildman–Crippen LogP) is 2.12. The zero-order chi connectivity index (χ0) is 6.95. The van der Waals surface area contributed by atoms with Crippen molar-refractivity contribution < 1.29 is 5.11 Å². The Kier molecular flexibility index (Phi) is 7.44. The first kappa shape index (κ1) is 8.70. The van der Waals surface area contributed by atoms with Crippen LogP contribution in [0.15, 0.2) is 12.2 Å². The van der Waals surface area contributed by atoms with E-state index in [1.807, 2.05) is 0 Å². The Bertz CT molecular complexity index is 67.0. The van der Waals surface area contributed by atoms with Gasteiger partial charge < -0.3 is 5.11 Å². The molecule has 0 saturated heterocycles. The lowest BCUT2D eigenvalue weighted by Crippen LogP contribution is -1.77. The molecule has 0 atom stereocenters. The number of allylic oxidation sites excluding steroid dienone is 2. The van der Waals surface area contributed by atoms with Crippen LogP contribution in [0.3, 0.4) is 0 Å². The molecule has 0 bridgehead atoms. The van der Waals surface area contributed by atoms with Crippen LogP contribution in [0.4, 0.5) is 0 Å². The molecule has 0 aliphatic rings. The summed E-state index contributed by atoms with van der Waals surface area (Å²) in [4.78, 5) is 0. The maximum atomic E-state index is 8.39. The lowest BCUT2D eigenvalue weighted by atomic mass is 10.2. The summed E-state index contributed by atoms with van der Waals surface area (Å²) in [7, 11) is 0. The van der Waals surface area contributed by atoms with Gasteiger partial charge in [0.15, 0.2) is 0 Å². The number of aliphatic hydroxyl groups is 1. The van der Waals surface area contributed by atoms with Gasteiger partial charge in [-0.25, -0.2) is 0 Å². The highest BCUT2D eigenvalue weighted by Gasteiger charge is 1.77. The second kappa shape index (κ2) is 7.70. The van der Waals surface area contributed by atoms with Crippen LogP contribution in [0, 0.1) is 0 Å². The van der Waals surface area contributed by atoms with Crippen molar-refractivity contribution in [1.82, 2.24) is 0 Å². The summed E-state index contributed by atoms with van der Waals surface area (Å²) >= 11 is 0. The Hall–Kier alpha value is -0.300. The summed E-state index contributed by atoms with van der Waals surface area (Å²) in [5.41, 5.74) is 0. The fraction of sp³-hybridized carbons (Fsp3) is 0.750. The van der Waals surface area contributed by atoms with E-state index in [-0.39, 0.29) is 0 Å². The maximum Gasteiger partial charge on any atom is 0.0433 e. The number of unbranched alkanes of at least 4 members (excludes halogenated alkanes) is 2. The molecule has 0 spiro atoms. The van der Waals surface area contributed by atoms with Crippen molar-refractivity contribution in [3.63, 3.8) is 0 Å². The topological polar surface area (TPSA) is 20.2 Å². The molecule has 9 heavy (non-hydrogen) atoms. The first-order valence-corrected chi connectivity index (χ1v) is 3.67. The molecule has 0 heterocycles. The first-order chi connectivity index (χ1) is 4.41. The lowest BCUT2D eigenvalue weighted by Gasteiger charge is -1.87. The average Bonchev–Trinajstić information content (AvgIpc) is 1.89. The summed E-state index contributed by atoms with van der Waals surface area (Å²) < 4.78 is 0. The van der Waals surface area contributed by atoms with Crippen molar-refractivity contribution in [1.29, 1.82) is 0 Å². The van der Waals surface area contributed by atoms with E-state index in [0.29, 0.717) is 6.61 Å². The van der Waals surface area contributed by atoms with Gasteiger partial charge in [-0.15, -0.1) is 0 Å². The molecule has 0 aliphatic carbocycles. The minimum Gasteiger partial charge on any atom is -0.396 e. The number of hydrogen-bond donors (Lipinski definition) is 1. The van der Waals surface area contributed by atoms with Crippen LogP contribution in [-0.4, -0.2) is 11.7 Å². The first-order valence-electron chi connectivity index (χ1n) is 3.67. The van der Waals surface area contributed by atoms with Gasteiger partial charge in [0.1, 0.15) is 0 Å². The fourth-order valence-electron chi connectivity index (χ4n) is 0.612. The van der Waals surface area contributed by atoms with Crippen molar-refractivity contribution in [3.8, 4) is 0 Å². The van der Waals surface area contributed by atoms with E-state index in [2.05, 4.69) is 19.1 Å². The zero-order valence-electron chi connectivity index (χ0n) is 6.14. The molecule has 1 nitrogen and oxygen atoms in total. The van der Waals surface area contributed by atoms with Crippen LogP contribution in [-0.2, 0) is 0 Å². The molecule has 1 heteroatoms. The third-order valence-electron chi connectivity index (χ3n) is 1.15. The van der Waals surface area contributed by atoms with E-state index < -0.39 is 0 Å². The standard InChI is InChI=1S/C8H16O/c1-2-3-4-5-6-7-8-9/h4-5,9H,2-3,6-8H2,1H3/b5-4+. The van der Waals surface area contributed by atoms with E-state index in [1.54, 1.807) is 0 Å². The number of aliphatic hydroxyl groups excluding tert-OH is 1. The van der Waals surface area contributed by atoms with E-state index in [4.69, 9.17) is 5.11 Å². The maximum absolute atomic E-state index is 8.39. The molecule has 0 aromatic carbocycles. The largest absolute Gasteiger partial charge is 0.396 e. The van der Waals surface area contributed by atoms with Gasteiger partial charge in [0, 0.05) is 6.61 Å². The SMILES string of the molecule is CCC/C=C/CCCO. The Morgan fingerprint density at radius 1 is 1.22 bits per heavy atom. The zero-order valence-corrected chi connectivity index (χ0v) is 6.14. The molecule has 0 saturated carbocycles. The molecule has 54 valence electrons. The molecule has 0 amide bonds. The minimum absolute atomic E-state index is 0.316. The normalized spacial score (nSPS) is 10.9. The lowest BCUT2D eigenvalue weighted by molar-refractivity contribution is 0.289. The van der Waals surface area contributed by atoms with Crippen molar-refractivity contribution in [2.45, 2.75) is 32.6 Å². The monoisotopic (exact) mass is 128 g/mol. The highest BCUT2D eigenvalue weighted by molar-refractivity contribution is 4.80. The molecule has 0 aliphatic heterocycles. The van der Waals surface area contributed by atoms with Crippen LogP contribution >= 0.6 is 0 Å². The van der Waals surface area contributed by atoms with Gasteiger partial charge in [-0.05, 0) is 19.3 Å². The van der Waals surface area contributed by atoms with E-state index >= 15 is 0 Å². The Balaban J connectivity index is 2.86. The van der Waals surface area contributed by atoms with Crippen LogP contribution in [0.2, 0.25) is 0 Å². The van der Waals surface area contributed by atoms with Crippen molar-refractivity contribution in [3.05, 3.63) is 12.2 Å². The molecule has 0 radical (unpaired) electrons. The summed E-state index contributed by atoms with van der Waals surface area (Å²) in [6.07, 6.45) is 8.63. The molecule has 0 fully saturated rings. The summed E-state index contributed by atoms with van der Waals surface area (Å²) in [5, 5.41) is 8.39.